The summed E-state index contributed by atoms with van der Waals surface area (Å²) in [4.78, 5) is 5.89. The number of nitrogens with zero attached hydrogens (tertiary/aromatic N) is 3. The van der Waals surface area contributed by atoms with Gasteiger partial charge in [0.25, 0.3) is 0 Å². The first-order valence-corrected chi connectivity index (χ1v) is 10.2. The topological polar surface area (TPSA) is 101 Å². The van der Waals surface area contributed by atoms with Crippen LogP contribution in [0.5, 0.6) is 5.75 Å². The van der Waals surface area contributed by atoms with E-state index in [-0.39, 0.29) is 41.6 Å². The van der Waals surface area contributed by atoms with Gasteiger partial charge in [0.1, 0.15) is 18.4 Å². The summed E-state index contributed by atoms with van der Waals surface area (Å²) in [5, 5.41) is 11.5. The number of alkyl halides is 3. The summed E-state index contributed by atoms with van der Waals surface area (Å²) in [7, 11) is 0. The van der Waals surface area contributed by atoms with E-state index < -0.39 is 11.7 Å². The molecule has 0 aliphatic carbocycles. The summed E-state index contributed by atoms with van der Waals surface area (Å²) in [6.45, 7) is 2.72. The van der Waals surface area contributed by atoms with Gasteiger partial charge in [0, 0.05) is 12.1 Å². The van der Waals surface area contributed by atoms with Gasteiger partial charge >= 0.3 is 6.18 Å². The Morgan fingerprint density at radius 1 is 1.39 bits per heavy atom. The molecule has 0 saturated carbocycles. The molecule has 2 aromatic rings. The number of guanidine groups is 1. The van der Waals surface area contributed by atoms with E-state index in [9.17, 15) is 13.2 Å². The van der Waals surface area contributed by atoms with Gasteiger partial charge in [-0.1, -0.05) is 37.1 Å². The Kier molecular flexibility index (Phi) is 7.19. The fourth-order valence-corrected chi connectivity index (χ4v) is 3.46. The molecule has 0 bridgehead atoms. The number of unbranched alkanes of at least 4 members (excludes halogenated alkanes) is 2. The van der Waals surface area contributed by atoms with Crippen molar-refractivity contribution in [1.29, 1.82) is 5.41 Å². The van der Waals surface area contributed by atoms with Crippen molar-refractivity contribution in [2.24, 2.45) is 5.73 Å². The Hall–Kier alpha value is -3.04. The lowest BCUT2D eigenvalue weighted by Crippen LogP contribution is -2.35. The standard InChI is InChI=1S/C21H26F3N5O2/c1-2-3-4-5-6-12-30-17-10-9-14(13-15(17)21(22,23)24)18-27-19(31-28-18)16-8-7-11-29(16)20(25)26/h5-6,9-10,13,16H,2-4,7-8,11-12H2,1H3,(H3,25,26). The van der Waals surface area contributed by atoms with Crippen LogP contribution in [0.25, 0.3) is 11.4 Å². The van der Waals surface area contributed by atoms with Crippen LogP contribution < -0.4 is 10.5 Å². The maximum atomic E-state index is 13.6. The second-order valence-corrected chi connectivity index (χ2v) is 7.33. The normalized spacial score (nSPS) is 16.9. The van der Waals surface area contributed by atoms with Gasteiger partial charge in [-0.2, -0.15) is 18.2 Å². The number of nitrogens with one attached hydrogen (secondary N) is 1. The molecular formula is C21H26F3N5O2. The fraction of sp³-hybridized carbons (Fsp3) is 0.476. The fourth-order valence-electron chi connectivity index (χ4n) is 3.46. The first-order valence-electron chi connectivity index (χ1n) is 10.2. The van der Waals surface area contributed by atoms with Crippen molar-refractivity contribution in [2.75, 3.05) is 13.2 Å². The molecule has 1 saturated heterocycles. The van der Waals surface area contributed by atoms with Crippen molar-refractivity contribution < 1.29 is 22.4 Å². The Morgan fingerprint density at radius 2 is 2.19 bits per heavy atom. The molecule has 1 aliphatic rings. The number of hydrogen-bond donors (Lipinski definition) is 2. The number of nitrogens with two attached hydrogens (primary N) is 1. The van der Waals surface area contributed by atoms with Crippen molar-refractivity contribution in [3.05, 3.63) is 41.8 Å². The van der Waals surface area contributed by atoms with Crippen molar-refractivity contribution in [3.63, 3.8) is 0 Å². The average Bonchev–Trinajstić information content (AvgIpc) is 3.39. The zero-order valence-corrected chi connectivity index (χ0v) is 17.3. The molecule has 10 heteroatoms. The van der Waals surface area contributed by atoms with Crippen molar-refractivity contribution in [2.45, 2.75) is 51.2 Å². The van der Waals surface area contributed by atoms with Crippen molar-refractivity contribution in [1.82, 2.24) is 15.0 Å². The molecule has 1 aliphatic heterocycles. The molecule has 1 fully saturated rings. The number of aromatic nitrogens is 2. The molecule has 1 atom stereocenters. The van der Waals surface area contributed by atoms with Crippen LogP contribution >= 0.6 is 0 Å². The molecule has 0 radical (unpaired) electrons. The molecule has 0 spiro atoms. The zero-order valence-electron chi connectivity index (χ0n) is 17.3. The highest BCUT2D eigenvalue weighted by atomic mass is 19.4. The predicted molar refractivity (Wildman–Crippen MR) is 109 cm³/mol. The van der Waals surface area contributed by atoms with Crippen LogP contribution in [0, 0.1) is 5.41 Å². The van der Waals surface area contributed by atoms with Crippen LogP contribution in [0.15, 0.2) is 34.9 Å². The maximum Gasteiger partial charge on any atom is 0.419 e. The van der Waals surface area contributed by atoms with Crippen LogP contribution in [-0.2, 0) is 6.18 Å². The monoisotopic (exact) mass is 437 g/mol. The van der Waals surface area contributed by atoms with Crippen LogP contribution in [0.2, 0.25) is 0 Å². The number of allylic oxidation sites excluding steroid dienone is 1. The van der Waals surface area contributed by atoms with E-state index in [1.165, 1.54) is 12.1 Å². The van der Waals surface area contributed by atoms with E-state index in [0.29, 0.717) is 13.0 Å². The predicted octanol–water partition coefficient (Wildman–Crippen LogP) is 4.91. The SMILES string of the molecule is CCCCC=CCOc1ccc(-c2noc(C3CCCN3C(=N)N)n2)cc1C(F)(F)F. The minimum Gasteiger partial charge on any atom is -0.489 e. The number of benzene rings is 1. The Morgan fingerprint density at radius 3 is 2.90 bits per heavy atom. The Balaban J connectivity index is 1.79. The van der Waals surface area contributed by atoms with Crippen LogP contribution in [0.4, 0.5) is 13.2 Å². The second-order valence-electron chi connectivity index (χ2n) is 7.33. The molecule has 3 N–H and O–H groups in total. The number of halogens is 3. The maximum absolute atomic E-state index is 13.6. The molecular weight excluding hydrogens is 411 g/mol. The first kappa shape index (κ1) is 22.6. The highest BCUT2D eigenvalue weighted by Gasteiger charge is 2.36. The molecule has 7 nitrogen and oxygen atoms in total. The van der Waals surface area contributed by atoms with Crippen molar-refractivity contribution >= 4 is 5.96 Å². The van der Waals surface area contributed by atoms with Gasteiger partial charge in [0.05, 0.1) is 5.56 Å². The quantitative estimate of drug-likeness (QED) is 0.263. The van der Waals surface area contributed by atoms with E-state index in [4.69, 9.17) is 20.4 Å². The van der Waals surface area contributed by atoms with Gasteiger partial charge in [0.15, 0.2) is 5.96 Å². The Bertz CT molecular complexity index is 926. The number of hydrogen-bond acceptors (Lipinski definition) is 5. The van der Waals surface area contributed by atoms with E-state index >= 15 is 0 Å². The number of rotatable bonds is 8. The van der Waals surface area contributed by atoms with Gasteiger partial charge in [-0.15, -0.1) is 0 Å². The van der Waals surface area contributed by atoms with Gasteiger partial charge in [-0.25, -0.2) is 0 Å². The molecule has 1 aromatic heterocycles. The van der Waals surface area contributed by atoms with E-state index in [1.54, 1.807) is 11.0 Å². The zero-order chi connectivity index (χ0) is 22.4. The highest BCUT2D eigenvalue weighted by molar-refractivity contribution is 5.75. The molecule has 2 heterocycles. The molecule has 31 heavy (non-hydrogen) atoms. The molecule has 1 unspecified atom stereocenters. The summed E-state index contributed by atoms with van der Waals surface area (Å²) >= 11 is 0. The second kappa shape index (κ2) is 9.84. The lowest BCUT2D eigenvalue weighted by atomic mass is 10.1. The molecule has 168 valence electrons. The summed E-state index contributed by atoms with van der Waals surface area (Å²) in [5.74, 6) is -0.0822. The highest BCUT2D eigenvalue weighted by Crippen LogP contribution is 2.39. The third kappa shape index (κ3) is 5.56. The van der Waals surface area contributed by atoms with Crippen LogP contribution in [0.1, 0.15) is 56.5 Å². The lowest BCUT2D eigenvalue weighted by Gasteiger charge is -2.21. The van der Waals surface area contributed by atoms with E-state index in [0.717, 1.165) is 31.7 Å². The summed E-state index contributed by atoms with van der Waals surface area (Å²) < 4.78 is 51.4. The van der Waals surface area contributed by atoms with Gasteiger partial charge in [-0.05, 0) is 37.5 Å². The Labute approximate surface area is 178 Å². The van der Waals surface area contributed by atoms with Gasteiger partial charge in [0.2, 0.25) is 11.7 Å². The van der Waals surface area contributed by atoms with E-state index in [1.807, 2.05) is 6.08 Å². The smallest absolute Gasteiger partial charge is 0.419 e. The van der Waals surface area contributed by atoms with Crippen LogP contribution in [-0.4, -0.2) is 34.2 Å². The average molecular weight is 437 g/mol. The number of likely N-dealkylation sites (tertiary alicyclic amines) is 1. The molecule has 1 aromatic carbocycles. The molecule has 0 amide bonds. The van der Waals surface area contributed by atoms with Gasteiger partial charge in [-0.3, -0.25) is 5.41 Å². The summed E-state index contributed by atoms with van der Waals surface area (Å²) in [5.41, 5.74) is 4.85. The number of ether oxygens (including phenoxy) is 1. The third-order valence-corrected chi connectivity index (χ3v) is 5.06. The van der Waals surface area contributed by atoms with Crippen LogP contribution in [0.3, 0.4) is 0 Å². The molecule has 3 rings (SSSR count). The first-order chi connectivity index (χ1) is 14.8. The summed E-state index contributed by atoms with van der Waals surface area (Å²) in [6.07, 6.45) is 3.45. The van der Waals surface area contributed by atoms with Crippen molar-refractivity contribution in [3.8, 4) is 17.1 Å². The minimum absolute atomic E-state index is 0.0434. The lowest BCUT2D eigenvalue weighted by molar-refractivity contribution is -0.138. The third-order valence-electron chi connectivity index (χ3n) is 5.06. The van der Waals surface area contributed by atoms with E-state index in [2.05, 4.69) is 17.1 Å². The summed E-state index contributed by atoms with van der Waals surface area (Å²) in [6, 6.07) is 3.35. The minimum atomic E-state index is -4.60. The largest absolute Gasteiger partial charge is 0.489 e. The van der Waals surface area contributed by atoms with Gasteiger partial charge < -0.3 is 19.9 Å².